The number of carbonyl (C=O) groups is 1. The molecule has 1 aromatic carbocycles. The molecule has 1 amide bonds. The fourth-order valence-electron chi connectivity index (χ4n) is 3.09. The normalized spacial score (nSPS) is 19.6. The average molecular weight is 397 g/mol. The quantitative estimate of drug-likeness (QED) is 0.743. The Morgan fingerprint density at radius 1 is 1.31 bits per heavy atom. The lowest BCUT2D eigenvalue weighted by Gasteiger charge is -2.18. The Morgan fingerprint density at radius 3 is 2.65 bits per heavy atom. The third kappa shape index (κ3) is 6.25. The van der Waals surface area contributed by atoms with Gasteiger partial charge >= 0.3 is 6.18 Å². The molecule has 0 aromatic heterocycles. The summed E-state index contributed by atoms with van der Waals surface area (Å²) >= 11 is 0. The number of amides is 1. The summed E-state index contributed by atoms with van der Waals surface area (Å²) in [7, 11) is 1.35. The highest BCUT2D eigenvalue weighted by Gasteiger charge is 2.32. The summed E-state index contributed by atoms with van der Waals surface area (Å²) in [6, 6.07) is 4.56. The van der Waals surface area contributed by atoms with Crippen molar-refractivity contribution in [2.75, 3.05) is 20.3 Å². The Hall–Kier alpha value is -1.67. The number of hydrogen-bond acceptors (Lipinski definition) is 4. The van der Waals surface area contributed by atoms with Gasteiger partial charge in [0.2, 0.25) is 5.91 Å². The minimum atomic E-state index is -4.42. The Kier molecular flexibility index (Phi) is 8.49. The number of halogens is 4. The van der Waals surface area contributed by atoms with E-state index in [0.29, 0.717) is 12.1 Å². The van der Waals surface area contributed by atoms with Gasteiger partial charge < -0.3 is 20.5 Å². The van der Waals surface area contributed by atoms with E-state index in [9.17, 15) is 18.0 Å². The first-order valence-electron chi connectivity index (χ1n) is 8.18. The Morgan fingerprint density at radius 2 is 2.04 bits per heavy atom. The van der Waals surface area contributed by atoms with Crippen LogP contribution in [0.25, 0.3) is 0 Å². The van der Waals surface area contributed by atoms with Gasteiger partial charge in [0.25, 0.3) is 0 Å². The molecule has 0 radical (unpaired) electrons. The van der Waals surface area contributed by atoms with Crippen molar-refractivity contribution in [3.05, 3.63) is 23.8 Å². The second kappa shape index (κ2) is 9.87. The lowest BCUT2D eigenvalue weighted by atomic mass is 9.95. The molecular weight excluding hydrogens is 373 g/mol. The summed E-state index contributed by atoms with van der Waals surface area (Å²) in [6.07, 6.45) is -1.62. The number of carbonyl (C=O) groups excluding carboxylic acids is 1. The molecule has 0 saturated heterocycles. The average Bonchev–Trinajstić information content (AvgIpc) is 3.06. The van der Waals surface area contributed by atoms with Crippen molar-refractivity contribution >= 4 is 18.3 Å². The summed E-state index contributed by atoms with van der Waals surface area (Å²) in [5, 5.41) is 2.86. The van der Waals surface area contributed by atoms with Gasteiger partial charge in [-0.15, -0.1) is 12.4 Å². The van der Waals surface area contributed by atoms with Crippen molar-refractivity contribution in [3.8, 4) is 11.5 Å². The van der Waals surface area contributed by atoms with Crippen molar-refractivity contribution in [1.82, 2.24) is 5.32 Å². The number of methoxy groups -OCH3 is 1. The van der Waals surface area contributed by atoms with Gasteiger partial charge in [-0.1, -0.05) is 12.5 Å². The minimum Gasteiger partial charge on any atom is -0.493 e. The van der Waals surface area contributed by atoms with Crippen LogP contribution < -0.4 is 20.5 Å². The molecule has 1 fully saturated rings. The molecule has 9 heteroatoms. The second-order valence-corrected chi connectivity index (χ2v) is 6.14. The van der Waals surface area contributed by atoms with E-state index in [2.05, 4.69) is 5.32 Å². The molecule has 148 valence electrons. The number of benzene rings is 1. The summed E-state index contributed by atoms with van der Waals surface area (Å²) in [6.45, 7) is -0.624. The number of nitrogens with two attached hydrogens (primary N) is 1. The highest BCUT2D eigenvalue weighted by Crippen LogP contribution is 2.32. The van der Waals surface area contributed by atoms with E-state index in [-0.39, 0.29) is 48.2 Å². The summed E-state index contributed by atoms with van der Waals surface area (Å²) in [5.74, 6) is 0.309. The number of alkyl halides is 3. The van der Waals surface area contributed by atoms with E-state index in [1.807, 2.05) is 0 Å². The van der Waals surface area contributed by atoms with Crippen LogP contribution in [0.1, 0.15) is 24.8 Å². The molecule has 5 nitrogen and oxygen atoms in total. The van der Waals surface area contributed by atoms with Crippen molar-refractivity contribution < 1.29 is 27.4 Å². The molecular formula is C17H24ClF3N2O3. The van der Waals surface area contributed by atoms with Crippen LogP contribution in [0.2, 0.25) is 0 Å². The van der Waals surface area contributed by atoms with Crippen molar-refractivity contribution in [3.63, 3.8) is 0 Å². The Labute approximate surface area is 156 Å². The molecule has 0 unspecified atom stereocenters. The number of hydrogen-bond donors (Lipinski definition) is 2. The van der Waals surface area contributed by atoms with Gasteiger partial charge in [-0.25, -0.2) is 0 Å². The fourth-order valence-corrected chi connectivity index (χ4v) is 3.09. The molecule has 3 N–H and O–H groups in total. The van der Waals surface area contributed by atoms with Gasteiger partial charge in [0.05, 0.1) is 7.11 Å². The van der Waals surface area contributed by atoms with E-state index in [4.69, 9.17) is 15.2 Å². The monoisotopic (exact) mass is 396 g/mol. The van der Waals surface area contributed by atoms with E-state index < -0.39 is 12.8 Å². The van der Waals surface area contributed by atoms with Crippen LogP contribution in [0, 0.1) is 11.8 Å². The third-order valence-electron chi connectivity index (χ3n) is 4.38. The van der Waals surface area contributed by atoms with E-state index in [1.165, 1.54) is 13.2 Å². The first-order valence-corrected chi connectivity index (χ1v) is 8.18. The minimum absolute atomic E-state index is 0. The van der Waals surface area contributed by atoms with Crippen molar-refractivity contribution in [2.45, 2.75) is 32.0 Å². The second-order valence-electron chi connectivity index (χ2n) is 6.14. The van der Waals surface area contributed by atoms with Crippen LogP contribution in [-0.4, -0.2) is 32.3 Å². The lowest BCUT2D eigenvalue weighted by Crippen LogP contribution is -2.34. The summed E-state index contributed by atoms with van der Waals surface area (Å²) in [4.78, 5) is 12.3. The predicted molar refractivity (Wildman–Crippen MR) is 93.5 cm³/mol. The third-order valence-corrected chi connectivity index (χ3v) is 4.38. The van der Waals surface area contributed by atoms with Gasteiger partial charge in [-0.2, -0.15) is 13.2 Å². The maximum absolute atomic E-state index is 12.3. The zero-order valence-corrected chi connectivity index (χ0v) is 15.3. The molecule has 0 bridgehead atoms. The first kappa shape index (κ1) is 22.4. The topological polar surface area (TPSA) is 73.6 Å². The standard InChI is InChI=1S/C17H23F3N2O3.ClH/c1-24-15-7-11(5-6-14(15)25-10-17(18,19)20)9-22-16(23)13-4-2-3-12(13)8-21;/h5-7,12-13H,2-4,8-10,21H2,1H3,(H,22,23);1H/t12-,13-;/m1./s1. The molecule has 2 rings (SSSR count). The molecule has 1 aliphatic rings. The van der Waals surface area contributed by atoms with Gasteiger partial charge in [-0.3, -0.25) is 4.79 Å². The van der Waals surface area contributed by atoms with E-state index >= 15 is 0 Å². The van der Waals surface area contributed by atoms with Crippen LogP contribution in [0.15, 0.2) is 18.2 Å². The first-order chi connectivity index (χ1) is 11.8. The lowest BCUT2D eigenvalue weighted by molar-refractivity contribution is -0.153. The maximum atomic E-state index is 12.3. The highest BCUT2D eigenvalue weighted by molar-refractivity contribution is 5.85. The largest absolute Gasteiger partial charge is 0.493 e. The molecule has 26 heavy (non-hydrogen) atoms. The fraction of sp³-hybridized carbons (Fsp3) is 0.588. The van der Waals surface area contributed by atoms with Gasteiger partial charge in [-0.05, 0) is 43.0 Å². The Bertz CT molecular complexity index is 599. The Balaban J connectivity index is 0.00000338. The number of ether oxygens (including phenoxy) is 2. The molecule has 2 atom stereocenters. The van der Waals surface area contributed by atoms with Gasteiger partial charge in [0.15, 0.2) is 18.1 Å². The van der Waals surface area contributed by atoms with Crippen molar-refractivity contribution in [2.24, 2.45) is 17.6 Å². The van der Waals surface area contributed by atoms with E-state index in [1.54, 1.807) is 12.1 Å². The van der Waals surface area contributed by atoms with Crippen LogP contribution in [0.3, 0.4) is 0 Å². The zero-order valence-electron chi connectivity index (χ0n) is 14.5. The van der Waals surface area contributed by atoms with Gasteiger partial charge in [0.1, 0.15) is 0 Å². The van der Waals surface area contributed by atoms with Crippen LogP contribution in [-0.2, 0) is 11.3 Å². The predicted octanol–water partition coefficient (Wildman–Crippen LogP) is 3.05. The summed E-state index contributed by atoms with van der Waals surface area (Å²) < 4.78 is 46.6. The summed E-state index contributed by atoms with van der Waals surface area (Å²) in [5.41, 5.74) is 6.41. The van der Waals surface area contributed by atoms with Crippen LogP contribution >= 0.6 is 12.4 Å². The SMILES string of the molecule is COc1cc(CNC(=O)[C@@H]2CCC[C@@H]2CN)ccc1OCC(F)(F)F.Cl. The van der Waals surface area contributed by atoms with E-state index in [0.717, 1.165) is 19.3 Å². The van der Waals surface area contributed by atoms with Gasteiger partial charge in [0, 0.05) is 12.5 Å². The number of nitrogens with one attached hydrogen (secondary N) is 1. The number of rotatable bonds is 7. The van der Waals surface area contributed by atoms with Crippen LogP contribution in [0.5, 0.6) is 11.5 Å². The molecule has 0 heterocycles. The smallest absolute Gasteiger partial charge is 0.422 e. The zero-order chi connectivity index (χ0) is 18.4. The highest BCUT2D eigenvalue weighted by atomic mass is 35.5. The maximum Gasteiger partial charge on any atom is 0.422 e. The van der Waals surface area contributed by atoms with Crippen LogP contribution in [0.4, 0.5) is 13.2 Å². The van der Waals surface area contributed by atoms with Crippen molar-refractivity contribution in [1.29, 1.82) is 0 Å². The molecule has 1 aliphatic carbocycles. The molecule has 1 aromatic rings. The molecule has 0 spiro atoms. The molecule has 1 saturated carbocycles. The molecule has 0 aliphatic heterocycles.